The van der Waals surface area contributed by atoms with Crippen LogP contribution in [0.15, 0.2) is 54.6 Å². The lowest BCUT2D eigenvalue weighted by Gasteiger charge is -2.24. The molecule has 0 bridgehead atoms. The molecule has 196 valence electrons. The number of rotatable bonds is 12. The predicted molar refractivity (Wildman–Crippen MR) is 140 cm³/mol. The van der Waals surface area contributed by atoms with E-state index in [1.807, 2.05) is 19.9 Å². The monoisotopic (exact) mass is 525 g/mol. The highest BCUT2D eigenvalue weighted by atomic mass is 32.1. The van der Waals surface area contributed by atoms with Crippen molar-refractivity contribution in [1.29, 1.82) is 0 Å². The first-order valence-electron chi connectivity index (χ1n) is 12.1. The number of fused-ring (bicyclic) bond motifs is 1. The molecule has 0 spiro atoms. The van der Waals surface area contributed by atoms with E-state index in [1.165, 1.54) is 0 Å². The molecule has 2 aromatic carbocycles. The van der Waals surface area contributed by atoms with Crippen molar-refractivity contribution in [3.8, 4) is 0 Å². The normalized spacial score (nSPS) is 15.2. The van der Waals surface area contributed by atoms with E-state index in [0.29, 0.717) is 11.1 Å². The average Bonchev–Trinajstić information content (AvgIpc) is 3.11. The summed E-state index contributed by atoms with van der Waals surface area (Å²) in [5.74, 6) is -3.14. The number of hydrogen-bond donors (Lipinski definition) is 4. The maximum Gasteiger partial charge on any atom is 0.326 e. The molecule has 3 rings (SSSR count). The SMILES string of the molecule is CC(C)C[C@H](NC(=O)C(S)CCN1C(=O)c2ccccc2C1=O)C(=O)N[C@@H](Cc1ccccc1)C(=O)O. The molecule has 1 aliphatic heterocycles. The second-order valence-electron chi connectivity index (χ2n) is 9.39. The third-order valence-electron chi connectivity index (χ3n) is 6.04. The van der Waals surface area contributed by atoms with Gasteiger partial charge in [-0.1, -0.05) is 56.3 Å². The molecule has 0 aliphatic carbocycles. The minimum Gasteiger partial charge on any atom is -0.480 e. The van der Waals surface area contributed by atoms with Gasteiger partial charge >= 0.3 is 5.97 Å². The Morgan fingerprint density at radius 2 is 1.41 bits per heavy atom. The summed E-state index contributed by atoms with van der Waals surface area (Å²) in [5, 5.41) is 13.9. The van der Waals surface area contributed by atoms with Crippen molar-refractivity contribution in [2.75, 3.05) is 6.54 Å². The van der Waals surface area contributed by atoms with E-state index in [-0.39, 0.29) is 31.7 Å². The van der Waals surface area contributed by atoms with Crippen molar-refractivity contribution in [2.24, 2.45) is 5.92 Å². The largest absolute Gasteiger partial charge is 0.480 e. The van der Waals surface area contributed by atoms with Crippen LogP contribution in [0.25, 0.3) is 0 Å². The lowest BCUT2D eigenvalue weighted by Crippen LogP contribution is -2.53. The Morgan fingerprint density at radius 1 is 0.865 bits per heavy atom. The number of thiol groups is 1. The first-order chi connectivity index (χ1) is 17.6. The average molecular weight is 526 g/mol. The zero-order valence-electron chi connectivity index (χ0n) is 20.7. The smallest absolute Gasteiger partial charge is 0.326 e. The maximum absolute atomic E-state index is 13.0. The van der Waals surface area contributed by atoms with Crippen molar-refractivity contribution in [1.82, 2.24) is 15.5 Å². The van der Waals surface area contributed by atoms with E-state index in [1.54, 1.807) is 48.5 Å². The van der Waals surface area contributed by atoms with Gasteiger partial charge in [-0.05, 0) is 36.5 Å². The summed E-state index contributed by atoms with van der Waals surface area (Å²) in [6.07, 6.45) is 0.468. The molecular formula is C27H31N3O6S. The number of hydrogen-bond acceptors (Lipinski definition) is 6. The van der Waals surface area contributed by atoms with Gasteiger partial charge < -0.3 is 15.7 Å². The van der Waals surface area contributed by atoms with Crippen molar-refractivity contribution in [3.63, 3.8) is 0 Å². The number of nitrogens with one attached hydrogen (secondary N) is 2. The van der Waals surface area contributed by atoms with Gasteiger partial charge in [-0.25, -0.2) is 4.79 Å². The van der Waals surface area contributed by atoms with Gasteiger partial charge in [0.05, 0.1) is 16.4 Å². The Balaban J connectivity index is 1.60. The van der Waals surface area contributed by atoms with Gasteiger partial charge in [-0.15, -0.1) is 0 Å². The van der Waals surface area contributed by atoms with E-state index < -0.39 is 46.9 Å². The molecule has 4 amide bonds. The highest BCUT2D eigenvalue weighted by molar-refractivity contribution is 7.81. The van der Waals surface area contributed by atoms with Crippen molar-refractivity contribution >= 4 is 42.2 Å². The van der Waals surface area contributed by atoms with Crippen LogP contribution in [0.1, 0.15) is 53.0 Å². The number of carboxylic acid groups (broad SMARTS) is 1. The Labute approximate surface area is 221 Å². The van der Waals surface area contributed by atoms with Crippen LogP contribution < -0.4 is 10.6 Å². The number of aliphatic carboxylic acids is 1. The summed E-state index contributed by atoms with van der Waals surface area (Å²) in [6.45, 7) is 3.75. The van der Waals surface area contributed by atoms with Crippen LogP contribution in [-0.2, 0) is 20.8 Å². The van der Waals surface area contributed by atoms with Gasteiger partial charge in [-0.2, -0.15) is 12.6 Å². The molecule has 0 radical (unpaired) electrons. The van der Waals surface area contributed by atoms with Crippen LogP contribution in [0.4, 0.5) is 0 Å². The maximum atomic E-state index is 13.0. The number of carbonyl (C=O) groups excluding carboxylic acids is 4. The minimum absolute atomic E-state index is 0.00680. The molecule has 1 heterocycles. The molecule has 10 heteroatoms. The Kier molecular flexibility index (Phi) is 9.46. The number of amides is 4. The quantitative estimate of drug-likeness (QED) is 0.248. The molecular weight excluding hydrogens is 494 g/mol. The highest BCUT2D eigenvalue weighted by Gasteiger charge is 2.35. The molecule has 9 nitrogen and oxygen atoms in total. The molecule has 1 aliphatic rings. The van der Waals surface area contributed by atoms with Gasteiger partial charge in [-0.3, -0.25) is 24.1 Å². The first kappa shape index (κ1) is 27.9. The van der Waals surface area contributed by atoms with Gasteiger partial charge in [0.25, 0.3) is 11.8 Å². The number of benzene rings is 2. The third kappa shape index (κ3) is 7.19. The van der Waals surface area contributed by atoms with E-state index in [4.69, 9.17) is 0 Å². The van der Waals surface area contributed by atoms with Gasteiger partial charge in [0, 0.05) is 13.0 Å². The third-order valence-corrected chi connectivity index (χ3v) is 6.54. The van der Waals surface area contributed by atoms with Crippen molar-refractivity contribution in [3.05, 3.63) is 71.3 Å². The van der Waals surface area contributed by atoms with Crippen LogP contribution in [0.3, 0.4) is 0 Å². The lowest BCUT2D eigenvalue weighted by molar-refractivity contribution is -0.142. The Bertz CT molecular complexity index is 1130. The molecule has 0 saturated heterocycles. The summed E-state index contributed by atoms with van der Waals surface area (Å²) in [5.41, 5.74) is 1.40. The number of carboxylic acids is 1. The first-order valence-corrected chi connectivity index (χ1v) is 12.6. The van der Waals surface area contributed by atoms with E-state index in [0.717, 1.165) is 10.5 Å². The summed E-state index contributed by atoms with van der Waals surface area (Å²) >= 11 is 4.33. The number of carbonyl (C=O) groups is 5. The zero-order valence-corrected chi connectivity index (χ0v) is 21.6. The second-order valence-corrected chi connectivity index (χ2v) is 10.0. The molecule has 0 saturated carbocycles. The van der Waals surface area contributed by atoms with Gasteiger partial charge in [0.1, 0.15) is 12.1 Å². The van der Waals surface area contributed by atoms with E-state index >= 15 is 0 Å². The zero-order chi connectivity index (χ0) is 27.1. The lowest BCUT2D eigenvalue weighted by atomic mass is 10.0. The topological polar surface area (TPSA) is 133 Å². The summed E-state index contributed by atoms with van der Waals surface area (Å²) < 4.78 is 0. The van der Waals surface area contributed by atoms with Crippen LogP contribution in [0.5, 0.6) is 0 Å². The van der Waals surface area contributed by atoms with Gasteiger partial charge in [0.2, 0.25) is 11.8 Å². The molecule has 3 N–H and O–H groups in total. The van der Waals surface area contributed by atoms with Crippen LogP contribution in [-0.4, -0.2) is 63.5 Å². The molecule has 0 aromatic heterocycles. The fourth-order valence-electron chi connectivity index (χ4n) is 4.12. The molecule has 37 heavy (non-hydrogen) atoms. The highest BCUT2D eigenvalue weighted by Crippen LogP contribution is 2.23. The van der Waals surface area contributed by atoms with Crippen LogP contribution in [0, 0.1) is 5.92 Å². The van der Waals surface area contributed by atoms with Crippen LogP contribution >= 0.6 is 12.6 Å². The Morgan fingerprint density at radius 3 is 1.95 bits per heavy atom. The number of nitrogens with zero attached hydrogens (tertiary/aromatic N) is 1. The van der Waals surface area contributed by atoms with E-state index in [9.17, 15) is 29.1 Å². The molecule has 1 unspecified atom stereocenters. The fourth-order valence-corrected chi connectivity index (χ4v) is 4.31. The second kappa shape index (κ2) is 12.5. The summed E-state index contributed by atoms with van der Waals surface area (Å²) in [7, 11) is 0. The molecule has 0 fully saturated rings. The number of imide groups is 1. The standard InChI is InChI=1S/C27H31N3O6S/c1-16(2)14-20(23(31)29-21(27(35)36)15-17-8-4-3-5-9-17)28-24(32)22(37)12-13-30-25(33)18-10-6-7-11-19(18)26(30)34/h3-11,16,20-22,37H,12-15H2,1-2H3,(H,28,32)(H,29,31)(H,35,36)/t20-,21-,22?/m0/s1. The molecule has 3 atom stereocenters. The van der Waals surface area contributed by atoms with Crippen LogP contribution in [0.2, 0.25) is 0 Å². The summed E-state index contributed by atoms with van der Waals surface area (Å²) in [4.78, 5) is 63.8. The molecule has 2 aromatic rings. The fraction of sp³-hybridized carbons (Fsp3) is 0.370. The minimum atomic E-state index is -1.18. The van der Waals surface area contributed by atoms with Gasteiger partial charge in [0.15, 0.2) is 0 Å². The van der Waals surface area contributed by atoms with E-state index in [2.05, 4.69) is 23.3 Å². The van der Waals surface area contributed by atoms with Crippen molar-refractivity contribution < 1.29 is 29.1 Å². The summed E-state index contributed by atoms with van der Waals surface area (Å²) in [6, 6.07) is 13.3. The van der Waals surface area contributed by atoms with Crippen molar-refractivity contribution in [2.45, 2.75) is 50.4 Å². The Hall–Kier alpha value is -3.66. The predicted octanol–water partition coefficient (Wildman–Crippen LogP) is 2.31.